The summed E-state index contributed by atoms with van der Waals surface area (Å²) in [6.45, 7) is 0.966. The highest BCUT2D eigenvalue weighted by molar-refractivity contribution is 7.09. The molecule has 6 nitrogen and oxygen atoms in total. The van der Waals surface area contributed by atoms with E-state index >= 15 is 0 Å². The Kier molecular flexibility index (Phi) is 6.54. The number of benzene rings is 2. The molecule has 0 bridgehead atoms. The van der Waals surface area contributed by atoms with Gasteiger partial charge in [-0.3, -0.25) is 4.79 Å². The first kappa shape index (κ1) is 20.6. The number of carbonyl (C=O) groups excluding carboxylic acids is 1. The molecule has 7 heteroatoms. The lowest BCUT2D eigenvalue weighted by Gasteiger charge is -2.23. The van der Waals surface area contributed by atoms with E-state index in [2.05, 4.69) is 15.3 Å². The van der Waals surface area contributed by atoms with Gasteiger partial charge in [-0.15, -0.1) is 11.3 Å². The molecule has 0 radical (unpaired) electrons. The van der Waals surface area contributed by atoms with Crippen LogP contribution < -0.4 is 10.1 Å². The molecule has 4 rings (SSSR count). The average Bonchev–Trinajstić information content (AvgIpc) is 3.32. The second-order valence-corrected chi connectivity index (χ2v) is 7.86. The topological polar surface area (TPSA) is 67.3 Å². The largest absolute Gasteiger partial charge is 0.496 e. The Morgan fingerprint density at radius 1 is 1.00 bits per heavy atom. The Hall–Kier alpha value is -3.71. The zero-order valence-electron chi connectivity index (χ0n) is 17.1. The summed E-state index contributed by atoms with van der Waals surface area (Å²) in [6.07, 6.45) is 3.33. The van der Waals surface area contributed by atoms with Gasteiger partial charge in [-0.25, -0.2) is 9.97 Å². The lowest BCUT2D eigenvalue weighted by atomic mass is 10.1. The summed E-state index contributed by atoms with van der Waals surface area (Å²) in [6, 6.07) is 20.9. The molecule has 0 atom stereocenters. The van der Waals surface area contributed by atoms with E-state index in [1.54, 1.807) is 36.9 Å². The Labute approximate surface area is 185 Å². The molecule has 0 aliphatic rings. The second-order valence-electron chi connectivity index (χ2n) is 6.83. The molecule has 0 fully saturated rings. The molecule has 1 N–H and O–H groups in total. The number of amides is 1. The smallest absolute Gasteiger partial charge is 0.254 e. The first-order valence-electron chi connectivity index (χ1n) is 9.80. The molecule has 156 valence electrons. The zero-order valence-corrected chi connectivity index (χ0v) is 17.9. The van der Waals surface area contributed by atoms with Crippen LogP contribution in [0.2, 0.25) is 0 Å². The summed E-state index contributed by atoms with van der Waals surface area (Å²) >= 11 is 1.64. The molecule has 2 aromatic heterocycles. The fourth-order valence-electron chi connectivity index (χ4n) is 3.23. The molecule has 0 saturated heterocycles. The predicted octanol–water partition coefficient (Wildman–Crippen LogP) is 5.13. The van der Waals surface area contributed by atoms with Crippen LogP contribution in [0.1, 0.15) is 20.8 Å². The van der Waals surface area contributed by atoms with Crippen molar-refractivity contribution in [3.8, 4) is 5.75 Å². The fraction of sp³-hybridized carbons (Fsp3) is 0.125. The summed E-state index contributed by atoms with van der Waals surface area (Å²) in [5.74, 6) is 1.19. The Morgan fingerprint density at radius 2 is 1.84 bits per heavy atom. The molecule has 0 aliphatic carbocycles. The number of aromatic nitrogens is 2. The molecular formula is C24H22N4O2S. The van der Waals surface area contributed by atoms with Crippen LogP contribution in [0.25, 0.3) is 0 Å². The number of rotatable bonds is 8. The highest BCUT2D eigenvalue weighted by atomic mass is 32.1. The van der Waals surface area contributed by atoms with Crippen molar-refractivity contribution in [3.05, 3.63) is 101 Å². The van der Waals surface area contributed by atoms with Crippen LogP contribution in [0.15, 0.2) is 84.5 Å². The molecule has 2 heterocycles. The maximum atomic E-state index is 13.5. The fourth-order valence-corrected chi connectivity index (χ4v) is 3.95. The number of nitrogens with zero attached hydrogens (tertiary/aromatic N) is 3. The van der Waals surface area contributed by atoms with E-state index in [9.17, 15) is 4.79 Å². The van der Waals surface area contributed by atoms with Crippen LogP contribution in [-0.4, -0.2) is 27.9 Å². The van der Waals surface area contributed by atoms with Crippen LogP contribution in [-0.2, 0) is 13.1 Å². The normalized spacial score (nSPS) is 10.5. The zero-order chi connectivity index (χ0) is 21.5. The van der Waals surface area contributed by atoms with Crippen molar-refractivity contribution in [2.24, 2.45) is 0 Å². The maximum absolute atomic E-state index is 13.5. The van der Waals surface area contributed by atoms with Gasteiger partial charge in [0.1, 0.15) is 5.75 Å². The van der Waals surface area contributed by atoms with Crippen LogP contribution >= 0.6 is 11.3 Å². The summed E-state index contributed by atoms with van der Waals surface area (Å²) in [5.41, 5.74) is 2.31. The number of nitrogens with one attached hydrogen (secondary N) is 1. The number of thiophene rings is 1. The molecule has 31 heavy (non-hydrogen) atoms. The summed E-state index contributed by atoms with van der Waals surface area (Å²) < 4.78 is 5.49. The van der Waals surface area contributed by atoms with Gasteiger partial charge in [-0.1, -0.05) is 30.3 Å². The molecule has 4 aromatic rings. The van der Waals surface area contributed by atoms with Crippen LogP contribution in [0.5, 0.6) is 5.75 Å². The van der Waals surface area contributed by atoms with Crippen molar-refractivity contribution in [1.82, 2.24) is 14.9 Å². The Bertz CT molecular complexity index is 1130. The van der Waals surface area contributed by atoms with Crippen molar-refractivity contribution in [3.63, 3.8) is 0 Å². The molecular weight excluding hydrogens is 408 g/mol. The lowest BCUT2D eigenvalue weighted by Crippen LogP contribution is -2.30. The third kappa shape index (κ3) is 5.26. The van der Waals surface area contributed by atoms with Gasteiger partial charge in [0.05, 0.1) is 20.2 Å². The number of hydrogen-bond acceptors (Lipinski definition) is 6. The lowest BCUT2D eigenvalue weighted by molar-refractivity contribution is 0.0730. The molecule has 2 aromatic carbocycles. The van der Waals surface area contributed by atoms with Gasteiger partial charge in [0, 0.05) is 34.1 Å². The number of ether oxygens (including phenoxy) is 1. The highest BCUT2D eigenvalue weighted by Crippen LogP contribution is 2.24. The van der Waals surface area contributed by atoms with Crippen LogP contribution in [0, 0.1) is 0 Å². The molecule has 0 unspecified atom stereocenters. The van der Waals surface area contributed by atoms with E-state index in [4.69, 9.17) is 4.74 Å². The second kappa shape index (κ2) is 9.86. The van der Waals surface area contributed by atoms with E-state index in [1.807, 2.05) is 70.9 Å². The highest BCUT2D eigenvalue weighted by Gasteiger charge is 2.19. The van der Waals surface area contributed by atoms with Crippen LogP contribution in [0.4, 0.5) is 11.6 Å². The minimum absolute atomic E-state index is 0.0584. The summed E-state index contributed by atoms with van der Waals surface area (Å²) in [4.78, 5) is 24.8. The van der Waals surface area contributed by atoms with Gasteiger partial charge in [0.2, 0.25) is 5.95 Å². The number of methoxy groups -OCH3 is 1. The quantitative estimate of drug-likeness (QED) is 0.420. The number of carbonyl (C=O) groups is 1. The first-order chi connectivity index (χ1) is 15.2. The Morgan fingerprint density at radius 3 is 2.61 bits per heavy atom. The standard InChI is InChI=1S/C24H22N4O2S/c1-30-22-11-3-2-7-19(22)16-28(17-21-10-5-14-31-21)23(29)18-8-4-9-20(15-18)27-24-25-12-6-13-26-24/h2-15H,16-17H2,1H3,(H,25,26,27). The van der Waals surface area contributed by atoms with Gasteiger partial charge in [0.15, 0.2) is 0 Å². The van der Waals surface area contributed by atoms with Gasteiger partial charge < -0.3 is 15.0 Å². The average molecular weight is 431 g/mol. The third-order valence-corrected chi connectivity index (χ3v) is 5.56. The van der Waals surface area contributed by atoms with Crippen molar-refractivity contribution in [2.75, 3.05) is 12.4 Å². The monoisotopic (exact) mass is 430 g/mol. The number of anilines is 2. The van der Waals surface area contributed by atoms with Gasteiger partial charge >= 0.3 is 0 Å². The van der Waals surface area contributed by atoms with Gasteiger partial charge in [-0.2, -0.15) is 0 Å². The number of para-hydroxylation sites is 1. The molecule has 1 amide bonds. The predicted molar refractivity (Wildman–Crippen MR) is 123 cm³/mol. The van der Waals surface area contributed by atoms with Crippen molar-refractivity contribution in [1.29, 1.82) is 0 Å². The van der Waals surface area contributed by atoms with E-state index in [1.165, 1.54) is 0 Å². The van der Waals surface area contributed by atoms with E-state index in [0.717, 1.165) is 21.9 Å². The minimum atomic E-state index is -0.0584. The van der Waals surface area contributed by atoms with Gasteiger partial charge in [-0.05, 0) is 41.8 Å². The Balaban J connectivity index is 1.60. The SMILES string of the molecule is COc1ccccc1CN(Cc1cccs1)C(=O)c1cccc(Nc2ncccn2)c1. The van der Waals surface area contributed by atoms with Crippen molar-refractivity contribution < 1.29 is 9.53 Å². The van der Waals surface area contributed by atoms with E-state index in [0.29, 0.717) is 24.6 Å². The molecule has 0 saturated carbocycles. The summed E-state index contributed by atoms with van der Waals surface area (Å²) in [7, 11) is 1.64. The third-order valence-electron chi connectivity index (χ3n) is 4.70. The minimum Gasteiger partial charge on any atom is -0.496 e. The maximum Gasteiger partial charge on any atom is 0.254 e. The van der Waals surface area contributed by atoms with Crippen molar-refractivity contribution >= 4 is 28.9 Å². The summed E-state index contributed by atoms with van der Waals surface area (Å²) in [5, 5.41) is 5.16. The number of hydrogen-bond donors (Lipinski definition) is 1. The van der Waals surface area contributed by atoms with E-state index < -0.39 is 0 Å². The molecule has 0 spiro atoms. The van der Waals surface area contributed by atoms with Crippen molar-refractivity contribution in [2.45, 2.75) is 13.1 Å². The van der Waals surface area contributed by atoms with E-state index in [-0.39, 0.29) is 5.91 Å². The molecule has 0 aliphatic heterocycles. The van der Waals surface area contributed by atoms with Crippen LogP contribution in [0.3, 0.4) is 0 Å². The first-order valence-corrected chi connectivity index (χ1v) is 10.7. The van der Waals surface area contributed by atoms with Gasteiger partial charge in [0.25, 0.3) is 5.91 Å².